The summed E-state index contributed by atoms with van der Waals surface area (Å²) in [6.45, 7) is 0.559. The molecule has 0 unspecified atom stereocenters. The number of hydrogen-bond acceptors (Lipinski definition) is 6. The molecule has 3 aliphatic heterocycles. The number of fused-ring (bicyclic) bond motifs is 1. The number of sulfone groups is 1. The Kier molecular flexibility index (Phi) is 5.13. The van der Waals surface area contributed by atoms with Gasteiger partial charge in [-0.3, -0.25) is 4.79 Å². The molecule has 0 bridgehead atoms. The third-order valence-corrected chi connectivity index (χ3v) is 8.32. The lowest BCUT2D eigenvalue weighted by atomic mass is 10.2. The lowest BCUT2D eigenvalue weighted by Crippen LogP contribution is -2.38. The smallest absolute Gasteiger partial charge is 0.277 e. The second-order valence-corrected chi connectivity index (χ2v) is 10.5. The highest BCUT2D eigenvalue weighted by Gasteiger charge is 2.50. The first kappa shape index (κ1) is 19.0. The molecule has 0 spiro atoms. The minimum absolute atomic E-state index is 0.00741. The van der Waals surface area contributed by atoms with Gasteiger partial charge in [0.2, 0.25) is 0 Å². The normalized spacial score (nSPS) is 30.7. The van der Waals surface area contributed by atoms with Crippen LogP contribution in [0.1, 0.15) is 12.8 Å². The van der Waals surface area contributed by atoms with Crippen molar-refractivity contribution in [3.8, 4) is 5.75 Å². The van der Waals surface area contributed by atoms with E-state index in [0.29, 0.717) is 34.7 Å². The van der Waals surface area contributed by atoms with Gasteiger partial charge in [-0.25, -0.2) is 8.42 Å². The third kappa shape index (κ3) is 3.70. The lowest BCUT2D eigenvalue weighted by molar-refractivity contribution is -0.126. The van der Waals surface area contributed by atoms with Gasteiger partial charge in [0.15, 0.2) is 15.0 Å². The van der Waals surface area contributed by atoms with Crippen LogP contribution in [0.25, 0.3) is 0 Å². The molecule has 0 radical (unpaired) electrons. The zero-order valence-corrected chi connectivity index (χ0v) is 17.0. The quantitative estimate of drug-likeness (QED) is 0.726. The highest BCUT2D eigenvalue weighted by Crippen LogP contribution is 2.44. The second kappa shape index (κ2) is 7.27. The number of benzene rings is 1. The van der Waals surface area contributed by atoms with E-state index in [4.69, 9.17) is 21.1 Å². The van der Waals surface area contributed by atoms with Crippen molar-refractivity contribution in [2.24, 2.45) is 4.99 Å². The Morgan fingerprint density at radius 2 is 2.22 bits per heavy atom. The molecule has 3 fully saturated rings. The summed E-state index contributed by atoms with van der Waals surface area (Å²) < 4.78 is 35.2. The van der Waals surface area contributed by atoms with Gasteiger partial charge in [-0.15, -0.1) is 0 Å². The van der Waals surface area contributed by atoms with Crippen molar-refractivity contribution in [1.82, 2.24) is 0 Å². The molecule has 3 saturated heterocycles. The number of thioether (sulfide) groups is 1. The van der Waals surface area contributed by atoms with E-state index in [0.717, 1.165) is 6.42 Å². The molecule has 0 aliphatic carbocycles. The lowest BCUT2D eigenvalue weighted by Gasteiger charge is -2.26. The van der Waals surface area contributed by atoms with Crippen LogP contribution < -0.4 is 9.64 Å². The van der Waals surface area contributed by atoms with E-state index >= 15 is 0 Å². The van der Waals surface area contributed by atoms with Crippen molar-refractivity contribution in [3.63, 3.8) is 0 Å². The molecular weight excluding hydrogens is 412 g/mol. The van der Waals surface area contributed by atoms with Crippen LogP contribution in [0.2, 0.25) is 5.02 Å². The number of carbonyl (C=O) groups excluding carboxylic acids is 1. The molecule has 3 atom stereocenters. The molecule has 1 amide bonds. The van der Waals surface area contributed by atoms with Crippen molar-refractivity contribution >= 4 is 50.0 Å². The van der Waals surface area contributed by atoms with Crippen LogP contribution in [0.5, 0.6) is 5.75 Å². The largest absolute Gasteiger partial charge is 0.495 e. The summed E-state index contributed by atoms with van der Waals surface area (Å²) in [5.41, 5.74) is 0.612. The van der Waals surface area contributed by atoms with Crippen LogP contribution in [-0.2, 0) is 19.4 Å². The van der Waals surface area contributed by atoms with Gasteiger partial charge in [0.1, 0.15) is 11.9 Å². The summed E-state index contributed by atoms with van der Waals surface area (Å²) in [6.07, 6.45) is 0.969. The minimum Gasteiger partial charge on any atom is -0.495 e. The molecule has 4 rings (SSSR count). The summed E-state index contributed by atoms with van der Waals surface area (Å²) in [6, 6.07) is 4.81. The number of carbonyl (C=O) groups is 1. The van der Waals surface area contributed by atoms with E-state index < -0.39 is 15.9 Å². The SMILES string of the molecule is COc1ccc(Cl)cc1N1C(=NC(=O)[C@@H]2CCCO2)S[C@@H]2CS(=O)(=O)C[C@H]21. The van der Waals surface area contributed by atoms with Crippen LogP contribution in [-0.4, -0.2) is 62.1 Å². The number of hydrogen-bond donors (Lipinski definition) is 0. The van der Waals surface area contributed by atoms with Crippen molar-refractivity contribution in [1.29, 1.82) is 0 Å². The number of aliphatic imine (C=N–C) groups is 1. The van der Waals surface area contributed by atoms with E-state index in [1.165, 1.54) is 18.9 Å². The van der Waals surface area contributed by atoms with Gasteiger partial charge in [-0.2, -0.15) is 4.99 Å². The number of amidine groups is 1. The molecule has 10 heteroatoms. The van der Waals surface area contributed by atoms with Gasteiger partial charge < -0.3 is 14.4 Å². The fourth-order valence-corrected chi connectivity index (χ4v) is 7.71. The third-order valence-electron chi connectivity index (χ3n) is 4.88. The van der Waals surface area contributed by atoms with Gasteiger partial charge in [0, 0.05) is 16.9 Å². The molecule has 3 heterocycles. The van der Waals surface area contributed by atoms with E-state index in [1.807, 2.05) is 0 Å². The van der Waals surface area contributed by atoms with E-state index in [9.17, 15) is 13.2 Å². The first-order valence-electron chi connectivity index (χ1n) is 8.62. The zero-order chi connectivity index (χ0) is 19.2. The van der Waals surface area contributed by atoms with E-state index in [-0.39, 0.29) is 28.7 Å². The van der Waals surface area contributed by atoms with Crippen LogP contribution in [0.3, 0.4) is 0 Å². The molecular formula is C17H19ClN2O5S2. The monoisotopic (exact) mass is 430 g/mol. The van der Waals surface area contributed by atoms with Crippen molar-refractivity contribution in [2.45, 2.75) is 30.2 Å². The number of amides is 1. The Balaban J connectivity index is 1.75. The number of nitrogens with zero attached hydrogens (tertiary/aromatic N) is 2. The van der Waals surface area contributed by atoms with Crippen molar-refractivity contribution < 1.29 is 22.7 Å². The highest BCUT2D eigenvalue weighted by atomic mass is 35.5. The van der Waals surface area contributed by atoms with E-state index in [1.54, 1.807) is 23.1 Å². The topological polar surface area (TPSA) is 85.3 Å². The van der Waals surface area contributed by atoms with Gasteiger partial charge in [-0.05, 0) is 31.0 Å². The Morgan fingerprint density at radius 1 is 1.41 bits per heavy atom. The summed E-state index contributed by atoms with van der Waals surface area (Å²) in [7, 11) is -1.61. The fraction of sp³-hybridized carbons (Fsp3) is 0.529. The van der Waals surface area contributed by atoms with Crippen LogP contribution in [0, 0.1) is 0 Å². The number of halogens is 1. The molecule has 0 aromatic heterocycles. The van der Waals surface area contributed by atoms with E-state index in [2.05, 4.69) is 4.99 Å². The average molecular weight is 431 g/mol. The number of anilines is 1. The summed E-state index contributed by atoms with van der Waals surface area (Å²) in [5, 5.41) is 0.778. The molecule has 7 nitrogen and oxygen atoms in total. The van der Waals surface area contributed by atoms with Crippen LogP contribution in [0.15, 0.2) is 23.2 Å². The Hall–Kier alpha value is -1.29. The van der Waals surface area contributed by atoms with Crippen molar-refractivity contribution in [3.05, 3.63) is 23.2 Å². The van der Waals surface area contributed by atoms with Gasteiger partial charge in [0.25, 0.3) is 5.91 Å². The molecule has 1 aromatic carbocycles. The maximum Gasteiger partial charge on any atom is 0.277 e. The van der Waals surface area contributed by atoms with Gasteiger partial charge >= 0.3 is 0 Å². The molecule has 0 N–H and O–H groups in total. The Morgan fingerprint density at radius 3 is 2.93 bits per heavy atom. The van der Waals surface area contributed by atoms with Gasteiger partial charge in [-0.1, -0.05) is 23.4 Å². The molecule has 3 aliphatic rings. The van der Waals surface area contributed by atoms with Crippen LogP contribution >= 0.6 is 23.4 Å². The summed E-state index contributed by atoms with van der Waals surface area (Å²) >= 11 is 7.49. The zero-order valence-electron chi connectivity index (χ0n) is 14.6. The summed E-state index contributed by atoms with van der Waals surface area (Å²) in [5.74, 6) is 0.286. The number of methoxy groups -OCH3 is 1. The average Bonchev–Trinajstić information content (AvgIpc) is 3.29. The predicted octanol–water partition coefficient (Wildman–Crippen LogP) is 2.13. The maximum atomic E-state index is 12.5. The minimum atomic E-state index is -3.14. The molecule has 0 saturated carbocycles. The summed E-state index contributed by atoms with van der Waals surface area (Å²) in [4.78, 5) is 18.6. The number of rotatable bonds is 3. The first-order valence-corrected chi connectivity index (χ1v) is 11.7. The Labute approximate surface area is 167 Å². The standard InChI is InChI=1S/C17H19ClN2O5S2/c1-24-13-5-4-10(18)7-11(13)20-12-8-27(22,23)9-15(12)26-17(20)19-16(21)14-3-2-6-25-14/h4-5,7,12,14-15H,2-3,6,8-9H2,1H3/t12-,14+,15-/m1/s1. The second-order valence-electron chi connectivity index (χ2n) is 6.72. The predicted molar refractivity (Wildman–Crippen MR) is 106 cm³/mol. The maximum absolute atomic E-state index is 12.5. The molecule has 146 valence electrons. The Bertz CT molecular complexity index is 899. The number of ether oxygens (including phenoxy) is 2. The van der Waals surface area contributed by atoms with Crippen LogP contribution in [0.4, 0.5) is 5.69 Å². The highest BCUT2D eigenvalue weighted by molar-refractivity contribution is 8.16. The fourth-order valence-electron chi connectivity index (χ4n) is 3.64. The van der Waals surface area contributed by atoms with Gasteiger partial charge in [0.05, 0.1) is 30.3 Å². The molecule has 1 aromatic rings. The van der Waals surface area contributed by atoms with Crippen molar-refractivity contribution in [2.75, 3.05) is 30.1 Å². The first-order chi connectivity index (χ1) is 12.9. The molecule has 27 heavy (non-hydrogen) atoms.